The maximum atomic E-state index is 10.5. The van der Waals surface area contributed by atoms with Gasteiger partial charge in [0.15, 0.2) is 0 Å². The van der Waals surface area contributed by atoms with Crippen LogP contribution in [-0.2, 0) is 4.57 Å². The van der Waals surface area contributed by atoms with Crippen LogP contribution in [0.4, 0.5) is 0 Å². The fourth-order valence-electron chi connectivity index (χ4n) is 0.668. The van der Waals surface area contributed by atoms with Crippen molar-refractivity contribution in [2.24, 2.45) is 0 Å². The van der Waals surface area contributed by atoms with Gasteiger partial charge in [-0.15, -0.1) is 0 Å². The van der Waals surface area contributed by atoms with E-state index in [4.69, 9.17) is 9.79 Å². The Hall–Kier alpha value is 0.150. The molecule has 1 atom stereocenters. The highest BCUT2D eigenvalue weighted by atomic mass is 31.2. The first-order valence-corrected chi connectivity index (χ1v) is 5.22. The van der Waals surface area contributed by atoms with Crippen molar-refractivity contribution in [2.45, 2.75) is 38.8 Å². The smallest absolute Gasteiger partial charge is 0.324 e. The Labute approximate surface area is 61.6 Å². The molecule has 3 nitrogen and oxygen atoms in total. The first-order chi connectivity index (χ1) is 4.48. The molecule has 0 rings (SSSR count). The average Bonchev–Trinajstić information content (AvgIpc) is 1.80. The molecule has 0 heterocycles. The number of hydrogen-bond acceptors (Lipinski definition) is 1. The molecule has 0 aliphatic carbocycles. The van der Waals surface area contributed by atoms with Crippen LogP contribution < -0.4 is 0 Å². The summed E-state index contributed by atoms with van der Waals surface area (Å²) in [7, 11) is -3.79. The van der Waals surface area contributed by atoms with Gasteiger partial charge >= 0.3 is 7.60 Å². The molecular weight excluding hydrogens is 151 g/mol. The Morgan fingerprint density at radius 1 is 1.50 bits per heavy atom. The van der Waals surface area contributed by atoms with E-state index in [1.54, 1.807) is 6.92 Å². The molecule has 0 amide bonds. The topological polar surface area (TPSA) is 57.5 Å². The van der Waals surface area contributed by atoms with E-state index < -0.39 is 13.3 Å². The lowest BCUT2D eigenvalue weighted by molar-refractivity contribution is 0.356. The average molecular weight is 166 g/mol. The predicted octanol–water partition coefficient (Wildman–Crippen LogP) is 1.74. The number of hydrogen-bond donors (Lipinski definition) is 2. The zero-order valence-electron chi connectivity index (χ0n) is 6.45. The fraction of sp³-hybridized carbons (Fsp3) is 1.00. The summed E-state index contributed by atoms with van der Waals surface area (Å²) in [6.45, 7) is 3.60. The maximum Gasteiger partial charge on any atom is 0.328 e. The van der Waals surface area contributed by atoms with Gasteiger partial charge in [0.05, 0.1) is 5.66 Å². The Balaban J connectivity index is 3.63. The molecule has 0 saturated carbocycles. The highest BCUT2D eigenvalue weighted by Gasteiger charge is 2.22. The third kappa shape index (κ3) is 4.04. The van der Waals surface area contributed by atoms with Crippen molar-refractivity contribution in [3.63, 3.8) is 0 Å². The summed E-state index contributed by atoms with van der Waals surface area (Å²) in [6, 6.07) is 0. The van der Waals surface area contributed by atoms with Crippen molar-refractivity contribution in [3.05, 3.63) is 0 Å². The molecule has 0 saturated heterocycles. The minimum Gasteiger partial charge on any atom is -0.324 e. The Morgan fingerprint density at radius 2 is 2.00 bits per heavy atom. The van der Waals surface area contributed by atoms with Crippen LogP contribution in [0.25, 0.3) is 0 Å². The SMILES string of the molecule is CCCCC(C)P(=O)(O)O. The van der Waals surface area contributed by atoms with Gasteiger partial charge in [-0.2, -0.15) is 0 Å². The third-order valence-electron chi connectivity index (χ3n) is 1.55. The van der Waals surface area contributed by atoms with Crippen molar-refractivity contribution >= 4 is 7.60 Å². The highest BCUT2D eigenvalue weighted by Crippen LogP contribution is 2.42. The van der Waals surface area contributed by atoms with Gasteiger partial charge in [-0.05, 0) is 6.42 Å². The molecule has 0 aromatic heterocycles. The van der Waals surface area contributed by atoms with E-state index in [0.717, 1.165) is 12.8 Å². The van der Waals surface area contributed by atoms with Crippen LogP contribution in [0.1, 0.15) is 33.1 Å². The molecule has 62 valence electrons. The monoisotopic (exact) mass is 166 g/mol. The summed E-state index contributed by atoms with van der Waals surface area (Å²) in [5.41, 5.74) is -0.465. The first kappa shape index (κ1) is 10.2. The summed E-state index contributed by atoms with van der Waals surface area (Å²) in [5.74, 6) is 0. The van der Waals surface area contributed by atoms with E-state index in [2.05, 4.69) is 0 Å². The van der Waals surface area contributed by atoms with Gasteiger partial charge in [0.25, 0.3) is 0 Å². The van der Waals surface area contributed by atoms with Gasteiger partial charge in [-0.1, -0.05) is 26.7 Å². The fourth-order valence-corrected chi connectivity index (χ4v) is 1.19. The maximum absolute atomic E-state index is 10.5. The normalized spacial score (nSPS) is 15.2. The van der Waals surface area contributed by atoms with Crippen molar-refractivity contribution in [3.8, 4) is 0 Å². The quantitative estimate of drug-likeness (QED) is 0.625. The highest BCUT2D eigenvalue weighted by molar-refractivity contribution is 7.52. The Bertz CT molecular complexity index is 129. The Kier molecular flexibility index (Phi) is 4.18. The lowest BCUT2D eigenvalue weighted by Crippen LogP contribution is -2.01. The summed E-state index contributed by atoms with van der Waals surface area (Å²) in [4.78, 5) is 17.2. The molecule has 4 heteroatoms. The van der Waals surface area contributed by atoms with Gasteiger partial charge in [0.2, 0.25) is 0 Å². The Morgan fingerprint density at radius 3 is 2.30 bits per heavy atom. The van der Waals surface area contributed by atoms with Crippen molar-refractivity contribution < 1.29 is 14.4 Å². The zero-order valence-corrected chi connectivity index (χ0v) is 7.34. The summed E-state index contributed by atoms with van der Waals surface area (Å²) >= 11 is 0. The van der Waals surface area contributed by atoms with E-state index in [1.165, 1.54) is 0 Å². The second-order valence-electron chi connectivity index (χ2n) is 2.58. The number of unbranched alkanes of at least 4 members (excludes halogenated alkanes) is 1. The molecule has 0 bridgehead atoms. The van der Waals surface area contributed by atoms with Gasteiger partial charge in [-0.3, -0.25) is 4.57 Å². The largest absolute Gasteiger partial charge is 0.328 e. The molecule has 0 aromatic rings. The molecule has 0 fully saturated rings. The number of rotatable bonds is 4. The van der Waals surface area contributed by atoms with Gasteiger partial charge < -0.3 is 9.79 Å². The summed E-state index contributed by atoms with van der Waals surface area (Å²) in [6.07, 6.45) is 2.51. The van der Waals surface area contributed by atoms with Crippen molar-refractivity contribution in [2.75, 3.05) is 0 Å². The lowest BCUT2D eigenvalue weighted by atomic mass is 10.2. The second kappa shape index (κ2) is 4.12. The lowest BCUT2D eigenvalue weighted by Gasteiger charge is -2.11. The molecule has 2 N–H and O–H groups in total. The molecule has 10 heavy (non-hydrogen) atoms. The first-order valence-electron chi connectivity index (χ1n) is 3.53. The van der Waals surface area contributed by atoms with Crippen molar-refractivity contribution in [1.82, 2.24) is 0 Å². The summed E-state index contributed by atoms with van der Waals surface area (Å²) < 4.78 is 10.5. The molecule has 0 aliphatic heterocycles. The summed E-state index contributed by atoms with van der Waals surface area (Å²) in [5, 5.41) is 0. The molecule has 0 radical (unpaired) electrons. The second-order valence-corrected chi connectivity index (χ2v) is 4.64. The van der Waals surface area contributed by atoms with E-state index >= 15 is 0 Å². The molecule has 1 unspecified atom stereocenters. The van der Waals surface area contributed by atoms with Crippen LogP contribution in [0.15, 0.2) is 0 Å². The van der Waals surface area contributed by atoms with Crippen LogP contribution >= 0.6 is 7.60 Å². The molecular formula is C6H15O3P. The molecule has 0 aromatic carbocycles. The minimum absolute atomic E-state index is 0.465. The van der Waals surface area contributed by atoms with Crippen molar-refractivity contribution in [1.29, 1.82) is 0 Å². The van der Waals surface area contributed by atoms with Crippen LogP contribution in [0.2, 0.25) is 0 Å². The zero-order chi connectivity index (χ0) is 8.20. The van der Waals surface area contributed by atoms with Crippen LogP contribution in [0.5, 0.6) is 0 Å². The minimum atomic E-state index is -3.79. The van der Waals surface area contributed by atoms with Gasteiger partial charge in [0.1, 0.15) is 0 Å². The van der Waals surface area contributed by atoms with Gasteiger partial charge in [-0.25, -0.2) is 0 Å². The van der Waals surface area contributed by atoms with Crippen LogP contribution in [0.3, 0.4) is 0 Å². The van der Waals surface area contributed by atoms with Crippen LogP contribution in [0, 0.1) is 0 Å². The molecule has 0 spiro atoms. The van der Waals surface area contributed by atoms with E-state index in [9.17, 15) is 4.57 Å². The van der Waals surface area contributed by atoms with E-state index in [0.29, 0.717) is 6.42 Å². The molecule has 0 aliphatic rings. The van der Waals surface area contributed by atoms with Crippen LogP contribution in [-0.4, -0.2) is 15.4 Å². The van der Waals surface area contributed by atoms with E-state index in [1.807, 2.05) is 6.92 Å². The standard InChI is InChI=1S/C6H15O3P/c1-3-4-5-6(2)10(7,8)9/h6H,3-5H2,1-2H3,(H2,7,8,9). The van der Waals surface area contributed by atoms with E-state index in [-0.39, 0.29) is 0 Å². The van der Waals surface area contributed by atoms with Gasteiger partial charge in [0, 0.05) is 0 Å². The third-order valence-corrected chi connectivity index (χ3v) is 2.96. The predicted molar refractivity (Wildman–Crippen MR) is 41.0 cm³/mol.